The van der Waals surface area contributed by atoms with Gasteiger partial charge in [-0.25, -0.2) is 0 Å². The summed E-state index contributed by atoms with van der Waals surface area (Å²) in [7, 11) is 0. The van der Waals surface area contributed by atoms with Gasteiger partial charge in [0.2, 0.25) is 0 Å². The van der Waals surface area contributed by atoms with Gasteiger partial charge in [-0.15, -0.1) is 0 Å². The molecule has 2 N–H and O–H groups in total. The first kappa shape index (κ1) is 18.2. The summed E-state index contributed by atoms with van der Waals surface area (Å²) in [5.74, 6) is 0.859. The molecule has 2 aliphatic heterocycles. The van der Waals surface area contributed by atoms with Gasteiger partial charge in [0.15, 0.2) is 0 Å². The lowest BCUT2D eigenvalue weighted by Gasteiger charge is -2.18. The molecule has 0 radical (unpaired) electrons. The van der Waals surface area contributed by atoms with Crippen molar-refractivity contribution in [2.75, 3.05) is 13.1 Å². The zero-order chi connectivity index (χ0) is 19.1. The molecule has 1 aromatic carbocycles. The van der Waals surface area contributed by atoms with Crippen LogP contribution in [0.5, 0.6) is 0 Å². The highest BCUT2D eigenvalue weighted by molar-refractivity contribution is 8.18. The highest BCUT2D eigenvalue weighted by atomic mass is 32.2. The number of carbonyl (C=O) groups is 1. The number of nitrogens with one attached hydrogen (secondary N) is 2. The van der Waals surface area contributed by atoms with E-state index in [0.29, 0.717) is 22.6 Å². The van der Waals surface area contributed by atoms with Gasteiger partial charge in [-0.2, -0.15) is 0 Å². The number of hydrogen-bond acceptors (Lipinski definition) is 4. The number of likely N-dealkylation sites (tertiary alicyclic amines) is 1. The van der Waals surface area contributed by atoms with Crippen LogP contribution in [0.4, 0.5) is 0 Å². The lowest BCUT2D eigenvalue weighted by Crippen LogP contribution is -2.29. The van der Waals surface area contributed by atoms with Crippen LogP contribution in [0.1, 0.15) is 44.6 Å². The maximum atomic E-state index is 13.3. The Morgan fingerprint density at radius 2 is 1.81 bits per heavy atom. The highest BCUT2D eigenvalue weighted by Crippen LogP contribution is 2.51. The summed E-state index contributed by atoms with van der Waals surface area (Å²) in [5.41, 5.74) is 4.50. The van der Waals surface area contributed by atoms with E-state index in [0.717, 1.165) is 54.0 Å². The standard InChI is InChI=1S/C22H25N3OS/c1-13(14(2)23)18-19(16-8-9-16)20(27-21(18)24)22(26)25-11-10-17(12-25)15-6-4-3-5-7-15/h3-7,16-17,23-24H,8-12H2,1-2H3/b18-13-,23-14?,24-21?. The maximum absolute atomic E-state index is 13.3. The molecule has 1 atom stereocenters. The smallest absolute Gasteiger partial charge is 0.261 e. The number of thioether (sulfide) groups is 1. The molecule has 1 saturated heterocycles. The molecular formula is C22H25N3OS. The number of rotatable bonds is 4. The Labute approximate surface area is 164 Å². The lowest BCUT2D eigenvalue weighted by atomic mass is 9.95. The molecular weight excluding hydrogens is 354 g/mol. The Bertz CT molecular complexity index is 880. The van der Waals surface area contributed by atoms with Crippen molar-refractivity contribution >= 4 is 28.4 Å². The van der Waals surface area contributed by atoms with E-state index < -0.39 is 0 Å². The van der Waals surface area contributed by atoms with Gasteiger partial charge in [-0.1, -0.05) is 42.1 Å². The number of allylic oxidation sites excluding steroid dienone is 2. The van der Waals surface area contributed by atoms with Gasteiger partial charge in [-0.3, -0.25) is 10.2 Å². The largest absolute Gasteiger partial charge is 0.338 e. The van der Waals surface area contributed by atoms with E-state index in [1.54, 1.807) is 6.92 Å². The Morgan fingerprint density at radius 1 is 1.11 bits per heavy atom. The maximum Gasteiger partial charge on any atom is 0.261 e. The van der Waals surface area contributed by atoms with Gasteiger partial charge < -0.3 is 10.3 Å². The fraction of sp³-hybridized carbons (Fsp3) is 0.409. The van der Waals surface area contributed by atoms with Crippen molar-refractivity contribution in [3.8, 4) is 0 Å². The second-order valence-electron chi connectivity index (χ2n) is 7.72. The van der Waals surface area contributed by atoms with E-state index in [-0.39, 0.29) is 5.91 Å². The van der Waals surface area contributed by atoms with E-state index in [1.807, 2.05) is 17.9 Å². The van der Waals surface area contributed by atoms with Crippen LogP contribution in [0, 0.1) is 16.7 Å². The number of carbonyl (C=O) groups excluding carboxylic acids is 1. The van der Waals surface area contributed by atoms with Crippen molar-refractivity contribution in [2.24, 2.45) is 5.92 Å². The van der Waals surface area contributed by atoms with Crippen molar-refractivity contribution in [1.82, 2.24) is 4.90 Å². The Hall–Kier alpha value is -2.14. The van der Waals surface area contributed by atoms with Crippen molar-refractivity contribution in [3.05, 3.63) is 57.5 Å². The molecule has 0 bridgehead atoms. The van der Waals surface area contributed by atoms with E-state index >= 15 is 0 Å². The summed E-state index contributed by atoms with van der Waals surface area (Å²) in [6.45, 7) is 5.19. The second kappa shape index (κ2) is 7.12. The number of benzene rings is 1. The van der Waals surface area contributed by atoms with Crippen LogP contribution in [0.15, 0.2) is 52.0 Å². The van der Waals surface area contributed by atoms with Crippen LogP contribution in [-0.4, -0.2) is 34.7 Å². The summed E-state index contributed by atoms with van der Waals surface area (Å²) in [5, 5.41) is 16.9. The van der Waals surface area contributed by atoms with Crippen LogP contribution in [0.3, 0.4) is 0 Å². The summed E-state index contributed by atoms with van der Waals surface area (Å²) in [6.07, 6.45) is 3.16. The van der Waals surface area contributed by atoms with Gasteiger partial charge in [0.05, 0.1) is 9.95 Å². The van der Waals surface area contributed by atoms with Crippen LogP contribution >= 0.6 is 11.8 Å². The molecule has 5 heteroatoms. The molecule has 1 saturated carbocycles. The molecule has 4 rings (SSSR count). The lowest BCUT2D eigenvalue weighted by molar-refractivity contribution is -0.125. The molecule has 27 heavy (non-hydrogen) atoms. The van der Waals surface area contributed by atoms with Crippen molar-refractivity contribution in [1.29, 1.82) is 10.8 Å². The van der Waals surface area contributed by atoms with E-state index in [4.69, 9.17) is 10.8 Å². The Morgan fingerprint density at radius 3 is 2.44 bits per heavy atom. The number of amides is 1. The highest BCUT2D eigenvalue weighted by Gasteiger charge is 2.42. The van der Waals surface area contributed by atoms with E-state index in [2.05, 4.69) is 24.3 Å². The minimum Gasteiger partial charge on any atom is -0.338 e. The number of hydrogen-bond donors (Lipinski definition) is 2. The molecule has 1 aliphatic carbocycles. The predicted octanol–water partition coefficient (Wildman–Crippen LogP) is 4.75. The van der Waals surface area contributed by atoms with Crippen LogP contribution < -0.4 is 0 Å². The summed E-state index contributed by atoms with van der Waals surface area (Å²) >= 11 is 1.31. The molecule has 1 unspecified atom stereocenters. The predicted molar refractivity (Wildman–Crippen MR) is 112 cm³/mol. The molecule has 0 spiro atoms. The molecule has 3 aliphatic rings. The first-order valence-electron chi connectivity index (χ1n) is 9.59. The zero-order valence-corrected chi connectivity index (χ0v) is 16.7. The fourth-order valence-corrected chi connectivity index (χ4v) is 5.17. The minimum absolute atomic E-state index is 0.0792. The first-order valence-corrected chi connectivity index (χ1v) is 10.4. The first-order chi connectivity index (χ1) is 13.0. The summed E-state index contributed by atoms with van der Waals surface area (Å²) in [4.78, 5) is 16.0. The van der Waals surface area contributed by atoms with Gasteiger partial charge in [0, 0.05) is 30.3 Å². The Kier molecular flexibility index (Phi) is 4.81. The minimum atomic E-state index is 0.0792. The van der Waals surface area contributed by atoms with E-state index in [9.17, 15) is 4.79 Å². The fourth-order valence-electron chi connectivity index (χ4n) is 4.01. The molecule has 1 aromatic rings. The van der Waals surface area contributed by atoms with Crippen molar-refractivity contribution in [3.63, 3.8) is 0 Å². The van der Waals surface area contributed by atoms with Gasteiger partial charge in [-0.05, 0) is 55.7 Å². The van der Waals surface area contributed by atoms with E-state index in [1.165, 1.54) is 17.3 Å². The quantitative estimate of drug-likeness (QED) is 0.742. The molecule has 0 aromatic heterocycles. The van der Waals surface area contributed by atoms with Crippen LogP contribution in [-0.2, 0) is 4.79 Å². The molecule has 2 heterocycles. The third-order valence-electron chi connectivity index (χ3n) is 5.81. The monoisotopic (exact) mass is 379 g/mol. The third kappa shape index (κ3) is 3.41. The van der Waals surface area contributed by atoms with Crippen LogP contribution in [0.2, 0.25) is 0 Å². The summed E-state index contributed by atoms with van der Waals surface area (Å²) in [6, 6.07) is 10.4. The average molecular weight is 380 g/mol. The number of nitrogens with zero attached hydrogens (tertiary/aromatic N) is 1. The zero-order valence-electron chi connectivity index (χ0n) is 15.8. The SMILES string of the molecule is CC(=N)/C(C)=C1\C(=N)SC(C(=O)N2CCC(c3ccccc3)C2)=C1C1CC1. The third-order valence-corrected chi connectivity index (χ3v) is 6.82. The normalized spacial score (nSPS) is 24.6. The molecule has 1 amide bonds. The van der Waals surface area contributed by atoms with Crippen molar-refractivity contribution in [2.45, 2.75) is 39.0 Å². The molecule has 140 valence electrons. The average Bonchev–Trinajstić information content (AvgIpc) is 3.27. The Balaban J connectivity index is 1.62. The summed E-state index contributed by atoms with van der Waals surface area (Å²) < 4.78 is 0. The van der Waals surface area contributed by atoms with Gasteiger partial charge in [0.1, 0.15) is 0 Å². The van der Waals surface area contributed by atoms with Crippen LogP contribution in [0.25, 0.3) is 0 Å². The second-order valence-corrected chi connectivity index (χ2v) is 8.74. The van der Waals surface area contributed by atoms with Gasteiger partial charge in [0.25, 0.3) is 5.91 Å². The molecule has 4 nitrogen and oxygen atoms in total. The molecule has 2 fully saturated rings. The topological polar surface area (TPSA) is 68.0 Å². The van der Waals surface area contributed by atoms with Crippen molar-refractivity contribution < 1.29 is 4.79 Å². The van der Waals surface area contributed by atoms with Gasteiger partial charge >= 0.3 is 0 Å².